The normalized spacial score (nSPS) is 14.5. The summed E-state index contributed by atoms with van der Waals surface area (Å²) in [6, 6.07) is 8.25. The number of methoxy groups -OCH3 is 1. The monoisotopic (exact) mass is 467 g/mol. The quantitative estimate of drug-likeness (QED) is 0.544. The molecule has 7 nitrogen and oxygen atoms in total. The second-order valence-electron chi connectivity index (χ2n) is 8.58. The van der Waals surface area contributed by atoms with Crippen LogP contribution in [0.15, 0.2) is 24.3 Å². The molecule has 33 heavy (non-hydrogen) atoms. The standard InChI is InChI=1S/C25H33N5O2S/c1-17-21(18(2)26-24-23(17)25(32-4)28-29(24)3)9-10-22(31)27-20-7-5-19(6-8-20)11-12-30-13-15-33-16-14-30/h5-8H,9-16H2,1-4H3,(H,27,31). The van der Waals surface area contributed by atoms with Crippen molar-refractivity contribution in [3.05, 3.63) is 46.6 Å². The van der Waals surface area contributed by atoms with Gasteiger partial charge in [-0.25, -0.2) is 9.67 Å². The van der Waals surface area contributed by atoms with Crippen LogP contribution in [0.3, 0.4) is 0 Å². The highest BCUT2D eigenvalue weighted by Gasteiger charge is 2.18. The molecular weight excluding hydrogens is 434 g/mol. The lowest BCUT2D eigenvalue weighted by Gasteiger charge is -2.26. The highest BCUT2D eigenvalue weighted by molar-refractivity contribution is 7.99. The van der Waals surface area contributed by atoms with Crippen LogP contribution < -0.4 is 10.1 Å². The van der Waals surface area contributed by atoms with Crippen LogP contribution in [0.5, 0.6) is 5.88 Å². The summed E-state index contributed by atoms with van der Waals surface area (Å²) in [4.78, 5) is 19.9. The number of amides is 1. The lowest BCUT2D eigenvalue weighted by Crippen LogP contribution is -2.34. The zero-order valence-electron chi connectivity index (χ0n) is 20.0. The zero-order chi connectivity index (χ0) is 23.4. The number of hydrogen-bond acceptors (Lipinski definition) is 6. The molecule has 1 fully saturated rings. The van der Waals surface area contributed by atoms with E-state index < -0.39 is 0 Å². The van der Waals surface area contributed by atoms with Crippen LogP contribution >= 0.6 is 11.8 Å². The topological polar surface area (TPSA) is 72.3 Å². The van der Waals surface area contributed by atoms with Crippen LogP contribution in [0, 0.1) is 13.8 Å². The first-order valence-corrected chi connectivity index (χ1v) is 12.7. The van der Waals surface area contributed by atoms with E-state index in [0.717, 1.165) is 46.5 Å². The van der Waals surface area contributed by atoms with Gasteiger partial charge in [-0.15, -0.1) is 5.10 Å². The van der Waals surface area contributed by atoms with Gasteiger partial charge in [0.1, 0.15) is 0 Å². The number of aryl methyl sites for hydroxylation is 3. The largest absolute Gasteiger partial charge is 0.479 e. The van der Waals surface area contributed by atoms with Crippen molar-refractivity contribution in [1.82, 2.24) is 19.7 Å². The molecule has 3 aromatic rings. The van der Waals surface area contributed by atoms with Crippen LogP contribution in [-0.2, 0) is 24.7 Å². The van der Waals surface area contributed by atoms with Crippen molar-refractivity contribution in [2.24, 2.45) is 7.05 Å². The first-order chi connectivity index (χ1) is 16.0. The Morgan fingerprint density at radius 3 is 2.58 bits per heavy atom. The molecule has 176 valence electrons. The molecule has 1 aliphatic heterocycles. The summed E-state index contributed by atoms with van der Waals surface area (Å²) in [5.41, 5.74) is 6.03. The summed E-state index contributed by atoms with van der Waals surface area (Å²) in [6.45, 7) is 7.52. The minimum Gasteiger partial charge on any atom is -0.479 e. The van der Waals surface area contributed by atoms with Crippen molar-refractivity contribution in [1.29, 1.82) is 0 Å². The molecule has 1 aromatic carbocycles. The van der Waals surface area contributed by atoms with Crippen LogP contribution in [0.25, 0.3) is 11.0 Å². The van der Waals surface area contributed by atoms with Gasteiger partial charge in [-0.1, -0.05) is 12.1 Å². The van der Waals surface area contributed by atoms with Crippen LogP contribution in [0.4, 0.5) is 5.69 Å². The maximum Gasteiger partial charge on any atom is 0.242 e. The number of pyridine rings is 1. The number of carbonyl (C=O) groups excluding carboxylic acids is 1. The molecule has 1 amide bonds. The molecule has 0 atom stereocenters. The number of nitrogens with one attached hydrogen (secondary N) is 1. The van der Waals surface area contributed by atoms with Gasteiger partial charge in [0.15, 0.2) is 5.65 Å². The van der Waals surface area contributed by atoms with Crippen molar-refractivity contribution in [3.63, 3.8) is 0 Å². The Morgan fingerprint density at radius 1 is 1.15 bits per heavy atom. The smallest absolute Gasteiger partial charge is 0.242 e. The highest BCUT2D eigenvalue weighted by Crippen LogP contribution is 2.30. The van der Waals surface area contributed by atoms with Gasteiger partial charge in [0, 0.05) is 56.0 Å². The number of anilines is 1. The number of thioether (sulfide) groups is 1. The predicted octanol–water partition coefficient (Wildman–Crippen LogP) is 3.76. The lowest BCUT2D eigenvalue weighted by atomic mass is 10.00. The second-order valence-corrected chi connectivity index (χ2v) is 9.81. The molecule has 0 bridgehead atoms. The lowest BCUT2D eigenvalue weighted by molar-refractivity contribution is -0.116. The summed E-state index contributed by atoms with van der Waals surface area (Å²) in [5, 5.41) is 8.35. The Hall–Kier alpha value is -2.58. The summed E-state index contributed by atoms with van der Waals surface area (Å²) in [5.74, 6) is 3.06. The van der Waals surface area contributed by atoms with Gasteiger partial charge in [-0.05, 0) is 55.5 Å². The Bertz CT molecular complexity index is 1120. The van der Waals surface area contributed by atoms with Crippen molar-refractivity contribution in [2.75, 3.05) is 43.6 Å². The van der Waals surface area contributed by atoms with E-state index >= 15 is 0 Å². The molecule has 1 N–H and O–H groups in total. The average Bonchev–Trinajstić information content (AvgIpc) is 3.14. The third-order valence-corrected chi connectivity index (χ3v) is 7.32. The average molecular weight is 468 g/mol. The number of carbonyl (C=O) groups is 1. The predicted molar refractivity (Wildman–Crippen MR) is 135 cm³/mol. The Labute approximate surface area is 199 Å². The van der Waals surface area contributed by atoms with Gasteiger partial charge in [0.25, 0.3) is 0 Å². The molecule has 4 rings (SSSR count). The number of rotatable bonds is 8. The van der Waals surface area contributed by atoms with Crippen LogP contribution in [0.1, 0.15) is 28.8 Å². The number of aromatic nitrogens is 3. The number of ether oxygens (including phenoxy) is 1. The van der Waals surface area contributed by atoms with Crippen molar-refractivity contribution >= 4 is 34.4 Å². The zero-order valence-corrected chi connectivity index (χ0v) is 20.8. The van der Waals surface area contributed by atoms with Crippen LogP contribution in [0.2, 0.25) is 0 Å². The van der Waals surface area contributed by atoms with Crippen molar-refractivity contribution < 1.29 is 9.53 Å². The van der Waals surface area contributed by atoms with Gasteiger partial charge in [0.05, 0.1) is 12.5 Å². The molecule has 0 aliphatic carbocycles. The number of fused-ring (bicyclic) bond motifs is 1. The minimum atomic E-state index is 0.00520. The molecule has 2 aromatic heterocycles. The van der Waals surface area contributed by atoms with Gasteiger partial charge >= 0.3 is 0 Å². The first kappa shape index (κ1) is 23.6. The van der Waals surface area contributed by atoms with E-state index in [9.17, 15) is 4.79 Å². The van der Waals surface area contributed by atoms with Crippen LogP contribution in [-0.4, -0.2) is 63.8 Å². The SMILES string of the molecule is COc1nn(C)c2nc(C)c(CCC(=O)Nc3ccc(CCN4CCSCC4)cc3)c(C)c12. The maximum atomic E-state index is 12.6. The van der Waals surface area contributed by atoms with E-state index in [4.69, 9.17) is 9.72 Å². The van der Waals surface area contributed by atoms with Crippen molar-refractivity contribution in [3.8, 4) is 5.88 Å². The maximum absolute atomic E-state index is 12.6. The van der Waals surface area contributed by atoms with E-state index in [1.807, 2.05) is 37.9 Å². The number of benzene rings is 1. The van der Waals surface area contributed by atoms with Gasteiger partial charge < -0.3 is 15.0 Å². The molecule has 0 saturated carbocycles. The number of nitrogens with zero attached hydrogens (tertiary/aromatic N) is 4. The van der Waals surface area contributed by atoms with E-state index in [1.165, 1.54) is 30.2 Å². The first-order valence-electron chi connectivity index (χ1n) is 11.5. The molecule has 1 saturated heterocycles. The molecule has 0 spiro atoms. The Kier molecular flexibility index (Phi) is 7.55. The summed E-state index contributed by atoms with van der Waals surface area (Å²) in [6.07, 6.45) is 2.06. The fraction of sp³-hybridized carbons (Fsp3) is 0.480. The van der Waals surface area contributed by atoms with E-state index in [2.05, 4.69) is 34.4 Å². The van der Waals surface area contributed by atoms with Gasteiger partial charge in [-0.3, -0.25) is 4.79 Å². The highest BCUT2D eigenvalue weighted by atomic mass is 32.2. The summed E-state index contributed by atoms with van der Waals surface area (Å²) < 4.78 is 7.17. The summed E-state index contributed by atoms with van der Waals surface area (Å²) in [7, 11) is 3.48. The number of hydrogen-bond donors (Lipinski definition) is 1. The minimum absolute atomic E-state index is 0.00520. The molecule has 1 aliphatic rings. The third-order valence-electron chi connectivity index (χ3n) is 6.38. The van der Waals surface area contributed by atoms with E-state index in [-0.39, 0.29) is 5.91 Å². The molecule has 0 radical (unpaired) electrons. The Morgan fingerprint density at radius 2 is 1.88 bits per heavy atom. The summed E-state index contributed by atoms with van der Waals surface area (Å²) >= 11 is 2.04. The van der Waals surface area contributed by atoms with E-state index in [0.29, 0.717) is 18.7 Å². The molecule has 3 heterocycles. The van der Waals surface area contributed by atoms with Gasteiger partial charge in [0.2, 0.25) is 11.8 Å². The fourth-order valence-electron chi connectivity index (χ4n) is 4.44. The van der Waals surface area contributed by atoms with Gasteiger partial charge in [-0.2, -0.15) is 11.8 Å². The second kappa shape index (κ2) is 10.6. The molecule has 0 unspecified atom stereocenters. The molecule has 8 heteroatoms. The third kappa shape index (κ3) is 5.50. The Balaban J connectivity index is 1.34. The fourth-order valence-corrected chi connectivity index (χ4v) is 5.41. The molecular formula is C25H33N5O2S. The van der Waals surface area contributed by atoms with E-state index in [1.54, 1.807) is 11.8 Å². The van der Waals surface area contributed by atoms with Crippen molar-refractivity contribution in [2.45, 2.75) is 33.1 Å².